The fraction of sp³-hybridized carbons (Fsp3) is 0.375. The molecule has 0 bridgehead atoms. The maximum absolute atomic E-state index is 14.3. The van der Waals surface area contributed by atoms with E-state index in [4.69, 9.17) is 0 Å². The molecule has 0 fully saturated rings. The van der Waals surface area contributed by atoms with Crippen LogP contribution in [0, 0.1) is 5.82 Å². The van der Waals surface area contributed by atoms with Crippen molar-refractivity contribution in [1.29, 1.82) is 0 Å². The monoisotopic (exact) mass is 409 g/mol. The standard InChI is InChI=1S/C24H28FN3O2/c1-3-5-14-27(15-6-4-2)23(29)20-16-18-11-9-13-26-22(18)28(24(20)30)17-19-10-7-8-12-21(19)25/h7-13,16H,3-6,14-15,17H2,1-2H3. The van der Waals surface area contributed by atoms with E-state index in [2.05, 4.69) is 18.8 Å². The zero-order chi connectivity index (χ0) is 21.5. The Labute approximate surface area is 176 Å². The van der Waals surface area contributed by atoms with Crippen LogP contribution in [0.4, 0.5) is 4.39 Å². The Kier molecular flexibility index (Phi) is 7.33. The van der Waals surface area contributed by atoms with Crippen LogP contribution in [0.15, 0.2) is 53.5 Å². The lowest BCUT2D eigenvalue weighted by Crippen LogP contribution is -2.38. The van der Waals surface area contributed by atoms with Crippen LogP contribution < -0.4 is 5.56 Å². The van der Waals surface area contributed by atoms with Gasteiger partial charge >= 0.3 is 0 Å². The molecule has 2 aromatic heterocycles. The molecule has 0 saturated carbocycles. The van der Waals surface area contributed by atoms with Crippen LogP contribution in [0.25, 0.3) is 11.0 Å². The van der Waals surface area contributed by atoms with Gasteiger partial charge in [0.25, 0.3) is 11.5 Å². The Morgan fingerprint density at radius 2 is 1.77 bits per heavy atom. The van der Waals surface area contributed by atoms with Crippen molar-refractivity contribution in [2.24, 2.45) is 0 Å². The molecule has 0 aliphatic rings. The van der Waals surface area contributed by atoms with Crippen LogP contribution in [-0.4, -0.2) is 33.4 Å². The van der Waals surface area contributed by atoms with Crippen molar-refractivity contribution in [1.82, 2.24) is 14.5 Å². The van der Waals surface area contributed by atoms with Gasteiger partial charge in [0.05, 0.1) is 6.54 Å². The summed E-state index contributed by atoms with van der Waals surface area (Å²) in [7, 11) is 0. The zero-order valence-electron chi connectivity index (χ0n) is 17.6. The number of fused-ring (bicyclic) bond motifs is 1. The highest BCUT2D eigenvalue weighted by atomic mass is 19.1. The molecule has 5 nitrogen and oxygen atoms in total. The molecule has 0 saturated heterocycles. The number of aromatic nitrogens is 2. The molecule has 30 heavy (non-hydrogen) atoms. The van der Waals surface area contributed by atoms with Gasteiger partial charge in [0, 0.05) is 30.2 Å². The number of rotatable bonds is 9. The van der Waals surface area contributed by atoms with Crippen molar-refractivity contribution in [2.75, 3.05) is 13.1 Å². The second-order valence-corrected chi connectivity index (χ2v) is 7.46. The van der Waals surface area contributed by atoms with Crippen molar-refractivity contribution in [3.8, 4) is 0 Å². The van der Waals surface area contributed by atoms with E-state index >= 15 is 0 Å². The maximum atomic E-state index is 14.3. The minimum absolute atomic E-state index is 0.0179. The highest BCUT2D eigenvalue weighted by Gasteiger charge is 2.21. The minimum atomic E-state index is -0.438. The molecular formula is C24H28FN3O2. The molecule has 1 amide bonds. The van der Waals surface area contributed by atoms with Crippen molar-refractivity contribution >= 4 is 16.9 Å². The van der Waals surface area contributed by atoms with Gasteiger partial charge in [0.15, 0.2) is 0 Å². The van der Waals surface area contributed by atoms with Gasteiger partial charge in [-0.3, -0.25) is 14.2 Å². The number of halogens is 1. The fourth-order valence-electron chi connectivity index (χ4n) is 3.49. The van der Waals surface area contributed by atoms with E-state index in [1.54, 1.807) is 41.4 Å². The van der Waals surface area contributed by atoms with Gasteiger partial charge in [0.1, 0.15) is 17.0 Å². The number of hydrogen-bond donors (Lipinski definition) is 0. The zero-order valence-corrected chi connectivity index (χ0v) is 17.6. The largest absolute Gasteiger partial charge is 0.338 e. The molecule has 0 atom stereocenters. The number of pyridine rings is 2. The Morgan fingerprint density at radius 3 is 2.43 bits per heavy atom. The van der Waals surface area contributed by atoms with Crippen LogP contribution in [0.2, 0.25) is 0 Å². The van der Waals surface area contributed by atoms with Crippen molar-refractivity contribution in [3.63, 3.8) is 0 Å². The number of carbonyl (C=O) groups excluding carboxylic acids is 1. The van der Waals surface area contributed by atoms with Crippen LogP contribution >= 0.6 is 0 Å². The summed E-state index contributed by atoms with van der Waals surface area (Å²) in [5.41, 5.74) is 0.493. The van der Waals surface area contributed by atoms with Crippen LogP contribution in [-0.2, 0) is 6.54 Å². The molecule has 0 N–H and O–H groups in total. The topological polar surface area (TPSA) is 55.2 Å². The molecule has 158 valence electrons. The third-order valence-corrected chi connectivity index (χ3v) is 5.22. The number of hydrogen-bond acceptors (Lipinski definition) is 3. The summed E-state index contributed by atoms with van der Waals surface area (Å²) in [5, 5.41) is 0.683. The molecule has 0 aliphatic carbocycles. The first kappa shape index (κ1) is 21.7. The quantitative estimate of drug-likeness (QED) is 0.518. The van der Waals surface area contributed by atoms with E-state index in [1.165, 1.54) is 10.6 Å². The minimum Gasteiger partial charge on any atom is -0.338 e. The number of carbonyl (C=O) groups is 1. The predicted octanol–water partition coefficient (Wildman–Crippen LogP) is 4.63. The van der Waals surface area contributed by atoms with Crippen LogP contribution in [0.3, 0.4) is 0 Å². The Balaban J connectivity index is 2.09. The van der Waals surface area contributed by atoms with Gasteiger partial charge in [-0.1, -0.05) is 44.9 Å². The molecule has 3 aromatic rings. The molecule has 6 heteroatoms. The number of benzene rings is 1. The first-order valence-corrected chi connectivity index (χ1v) is 10.6. The fourth-order valence-corrected chi connectivity index (χ4v) is 3.49. The van der Waals surface area contributed by atoms with E-state index in [9.17, 15) is 14.0 Å². The number of nitrogens with zero attached hydrogens (tertiary/aromatic N) is 3. The second-order valence-electron chi connectivity index (χ2n) is 7.46. The smallest absolute Gasteiger partial charge is 0.265 e. The molecule has 1 aromatic carbocycles. The van der Waals surface area contributed by atoms with Gasteiger partial charge in [-0.25, -0.2) is 9.37 Å². The van der Waals surface area contributed by atoms with E-state index in [0.29, 0.717) is 29.7 Å². The average Bonchev–Trinajstić information content (AvgIpc) is 2.76. The lowest BCUT2D eigenvalue weighted by atomic mass is 10.1. The van der Waals surface area contributed by atoms with Crippen molar-refractivity contribution in [2.45, 2.75) is 46.1 Å². The maximum Gasteiger partial charge on any atom is 0.265 e. The van der Waals surface area contributed by atoms with E-state index < -0.39 is 11.4 Å². The van der Waals surface area contributed by atoms with Crippen LogP contribution in [0.5, 0.6) is 0 Å². The Hall–Kier alpha value is -3.02. The SMILES string of the molecule is CCCCN(CCCC)C(=O)c1cc2cccnc2n(Cc2ccccc2F)c1=O. The average molecular weight is 410 g/mol. The summed E-state index contributed by atoms with van der Waals surface area (Å²) < 4.78 is 15.7. The third-order valence-electron chi connectivity index (χ3n) is 5.22. The molecule has 0 unspecified atom stereocenters. The van der Waals surface area contributed by atoms with E-state index in [-0.39, 0.29) is 18.0 Å². The first-order valence-electron chi connectivity index (χ1n) is 10.6. The third kappa shape index (κ3) is 4.75. The predicted molar refractivity (Wildman–Crippen MR) is 117 cm³/mol. The number of unbranched alkanes of at least 4 members (excludes halogenated alkanes) is 2. The van der Waals surface area contributed by atoms with Gasteiger partial charge in [0.2, 0.25) is 0 Å². The second kappa shape index (κ2) is 10.1. The molecular weight excluding hydrogens is 381 g/mol. The van der Waals surface area contributed by atoms with Crippen LogP contribution in [0.1, 0.15) is 55.5 Å². The highest BCUT2D eigenvalue weighted by molar-refractivity contribution is 5.97. The first-order chi connectivity index (χ1) is 14.6. The normalized spacial score (nSPS) is 11.0. The van der Waals surface area contributed by atoms with Crippen molar-refractivity contribution < 1.29 is 9.18 Å². The Bertz CT molecular complexity index is 1070. The summed E-state index contributed by atoms with van der Waals surface area (Å²) in [4.78, 5) is 32.7. The summed E-state index contributed by atoms with van der Waals surface area (Å²) in [6.45, 7) is 5.40. The van der Waals surface area contributed by atoms with Crippen molar-refractivity contribution in [3.05, 3.63) is 76.0 Å². The van der Waals surface area contributed by atoms with E-state index in [0.717, 1.165) is 25.7 Å². The molecule has 0 radical (unpaired) electrons. The molecule has 0 spiro atoms. The Morgan fingerprint density at radius 1 is 1.07 bits per heavy atom. The van der Waals surface area contributed by atoms with Gasteiger partial charge < -0.3 is 4.90 Å². The molecule has 2 heterocycles. The highest BCUT2D eigenvalue weighted by Crippen LogP contribution is 2.16. The van der Waals surface area contributed by atoms with Gasteiger partial charge in [-0.15, -0.1) is 0 Å². The summed E-state index contributed by atoms with van der Waals surface area (Å²) in [6, 6.07) is 11.5. The lowest BCUT2D eigenvalue weighted by molar-refractivity contribution is 0.0749. The summed E-state index contributed by atoms with van der Waals surface area (Å²) in [6.07, 6.45) is 5.29. The van der Waals surface area contributed by atoms with Gasteiger partial charge in [-0.2, -0.15) is 0 Å². The lowest BCUT2D eigenvalue weighted by Gasteiger charge is -2.23. The molecule has 3 rings (SSSR count). The summed E-state index contributed by atoms with van der Waals surface area (Å²) in [5.74, 6) is -0.660. The van der Waals surface area contributed by atoms with Gasteiger partial charge in [-0.05, 0) is 37.1 Å². The number of amides is 1. The van der Waals surface area contributed by atoms with E-state index in [1.807, 2.05) is 6.07 Å². The summed E-state index contributed by atoms with van der Waals surface area (Å²) >= 11 is 0. The molecule has 0 aliphatic heterocycles.